The summed E-state index contributed by atoms with van der Waals surface area (Å²) in [6, 6.07) is 14.2. The van der Waals surface area contributed by atoms with Gasteiger partial charge in [-0.3, -0.25) is 4.79 Å². The number of ether oxygens (including phenoxy) is 2. The third-order valence-electron chi connectivity index (χ3n) is 3.21. The van der Waals surface area contributed by atoms with E-state index in [0.29, 0.717) is 22.7 Å². The maximum Gasteiger partial charge on any atom is 0.266 e. The summed E-state index contributed by atoms with van der Waals surface area (Å²) in [5.41, 5.74) is 1.19. The van der Waals surface area contributed by atoms with Crippen molar-refractivity contribution >= 4 is 33.6 Å². The molecule has 0 fully saturated rings. The van der Waals surface area contributed by atoms with Crippen molar-refractivity contribution in [3.8, 4) is 17.6 Å². The van der Waals surface area contributed by atoms with Crippen LogP contribution in [0.3, 0.4) is 0 Å². The van der Waals surface area contributed by atoms with Crippen LogP contribution < -0.4 is 14.8 Å². The highest BCUT2D eigenvalue weighted by Crippen LogP contribution is 2.27. The minimum Gasteiger partial charge on any atom is -0.496 e. The van der Waals surface area contributed by atoms with E-state index in [4.69, 9.17) is 9.47 Å². The smallest absolute Gasteiger partial charge is 0.266 e. The van der Waals surface area contributed by atoms with Crippen LogP contribution in [0.25, 0.3) is 6.08 Å². The van der Waals surface area contributed by atoms with Crippen LogP contribution in [0.1, 0.15) is 5.56 Å². The number of nitrogens with zero attached hydrogens (tertiary/aromatic N) is 1. The van der Waals surface area contributed by atoms with Crippen LogP contribution in [0.2, 0.25) is 0 Å². The Balaban J connectivity index is 2.26. The molecule has 0 atom stereocenters. The molecule has 0 bridgehead atoms. The van der Waals surface area contributed by atoms with E-state index in [1.165, 1.54) is 13.2 Å². The first kappa shape index (κ1) is 17.6. The van der Waals surface area contributed by atoms with Crippen LogP contribution >= 0.6 is 15.9 Å². The van der Waals surface area contributed by atoms with Gasteiger partial charge in [0.25, 0.3) is 5.91 Å². The van der Waals surface area contributed by atoms with Gasteiger partial charge < -0.3 is 14.8 Å². The van der Waals surface area contributed by atoms with Gasteiger partial charge in [0.1, 0.15) is 23.1 Å². The van der Waals surface area contributed by atoms with E-state index < -0.39 is 5.91 Å². The molecule has 6 heteroatoms. The van der Waals surface area contributed by atoms with E-state index in [2.05, 4.69) is 21.2 Å². The lowest BCUT2D eigenvalue weighted by atomic mass is 10.1. The molecule has 0 radical (unpaired) electrons. The second-order valence-corrected chi connectivity index (χ2v) is 5.57. The number of halogens is 1. The zero-order valence-electron chi connectivity index (χ0n) is 13.2. The molecule has 2 aromatic rings. The number of para-hydroxylation sites is 2. The summed E-state index contributed by atoms with van der Waals surface area (Å²) in [5, 5.41) is 12.0. The Morgan fingerprint density at radius 1 is 1.17 bits per heavy atom. The first-order chi connectivity index (χ1) is 11.6. The number of rotatable bonds is 5. The third-order valence-corrected chi connectivity index (χ3v) is 3.83. The van der Waals surface area contributed by atoms with Gasteiger partial charge in [-0.25, -0.2) is 0 Å². The lowest BCUT2D eigenvalue weighted by Gasteiger charge is -2.09. The van der Waals surface area contributed by atoms with Crippen molar-refractivity contribution in [3.63, 3.8) is 0 Å². The van der Waals surface area contributed by atoms with Gasteiger partial charge in [0.15, 0.2) is 0 Å². The Labute approximate surface area is 148 Å². The van der Waals surface area contributed by atoms with Crippen molar-refractivity contribution in [2.45, 2.75) is 0 Å². The topological polar surface area (TPSA) is 71.3 Å². The quantitative estimate of drug-likeness (QED) is 0.622. The Bertz CT molecular complexity index is 825. The normalized spacial score (nSPS) is 10.7. The van der Waals surface area contributed by atoms with Gasteiger partial charge in [0.05, 0.1) is 24.4 Å². The summed E-state index contributed by atoms with van der Waals surface area (Å²) in [6.07, 6.45) is 1.51. The summed E-state index contributed by atoms with van der Waals surface area (Å²) in [7, 11) is 3.08. The molecule has 0 heterocycles. The molecular formula is C18H15BrN2O3. The molecular weight excluding hydrogens is 372 g/mol. The molecule has 0 spiro atoms. The number of carbonyl (C=O) groups excluding carboxylic acids is 1. The highest BCUT2D eigenvalue weighted by atomic mass is 79.9. The second-order valence-electron chi connectivity index (χ2n) is 4.72. The van der Waals surface area contributed by atoms with Gasteiger partial charge in [-0.2, -0.15) is 5.26 Å². The lowest BCUT2D eigenvalue weighted by Crippen LogP contribution is -2.14. The van der Waals surface area contributed by atoms with E-state index >= 15 is 0 Å². The molecule has 2 aromatic carbocycles. The molecule has 2 rings (SSSR count). The minimum atomic E-state index is -0.506. The average molecular weight is 387 g/mol. The largest absolute Gasteiger partial charge is 0.496 e. The van der Waals surface area contributed by atoms with Gasteiger partial charge in [-0.1, -0.05) is 18.2 Å². The summed E-state index contributed by atoms with van der Waals surface area (Å²) in [5.74, 6) is 0.688. The molecule has 5 nitrogen and oxygen atoms in total. The van der Waals surface area contributed by atoms with E-state index in [1.54, 1.807) is 49.6 Å². The fourth-order valence-corrected chi connectivity index (χ4v) is 2.58. The number of carbonyl (C=O) groups is 1. The predicted molar refractivity (Wildman–Crippen MR) is 95.9 cm³/mol. The summed E-state index contributed by atoms with van der Waals surface area (Å²) >= 11 is 3.37. The summed E-state index contributed by atoms with van der Waals surface area (Å²) in [4.78, 5) is 12.3. The number of methoxy groups -OCH3 is 2. The number of nitrogens with one attached hydrogen (secondary N) is 1. The maximum atomic E-state index is 12.3. The zero-order valence-corrected chi connectivity index (χ0v) is 14.8. The van der Waals surface area contributed by atoms with Crippen molar-refractivity contribution in [1.29, 1.82) is 5.26 Å². The van der Waals surface area contributed by atoms with Crippen molar-refractivity contribution in [2.24, 2.45) is 0 Å². The molecule has 0 aliphatic carbocycles. The fourth-order valence-electron chi connectivity index (χ4n) is 2.03. The van der Waals surface area contributed by atoms with Gasteiger partial charge in [-0.15, -0.1) is 0 Å². The van der Waals surface area contributed by atoms with Crippen molar-refractivity contribution in [2.75, 3.05) is 19.5 Å². The van der Waals surface area contributed by atoms with Crippen LogP contribution in [0, 0.1) is 11.3 Å². The van der Waals surface area contributed by atoms with Gasteiger partial charge in [-0.05, 0) is 51.8 Å². The van der Waals surface area contributed by atoms with Crippen LogP contribution in [-0.4, -0.2) is 20.1 Å². The van der Waals surface area contributed by atoms with Crippen LogP contribution in [-0.2, 0) is 4.79 Å². The standard InChI is InChI=1S/C18H15BrN2O3/c1-23-16-8-7-12(10-14(16)19)9-13(11-20)18(22)21-15-5-3-4-6-17(15)24-2/h3-10H,1-2H3,(H,21,22). The Morgan fingerprint density at radius 2 is 1.88 bits per heavy atom. The Kier molecular flexibility index (Phi) is 5.99. The molecule has 24 heavy (non-hydrogen) atoms. The average Bonchev–Trinajstić information content (AvgIpc) is 2.60. The monoisotopic (exact) mass is 386 g/mol. The first-order valence-electron chi connectivity index (χ1n) is 6.98. The second kappa shape index (κ2) is 8.18. The number of hydrogen-bond donors (Lipinski definition) is 1. The lowest BCUT2D eigenvalue weighted by molar-refractivity contribution is -0.112. The van der Waals surface area contributed by atoms with Crippen molar-refractivity contribution in [1.82, 2.24) is 0 Å². The van der Waals surface area contributed by atoms with E-state index in [0.717, 1.165) is 4.47 Å². The molecule has 1 N–H and O–H groups in total. The predicted octanol–water partition coefficient (Wildman–Crippen LogP) is 4.01. The Hall–Kier alpha value is -2.78. The van der Waals surface area contributed by atoms with Crippen molar-refractivity contribution in [3.05, 3.63) is 58.1 Å². The molecule has 0 unspecified atom stereocenters. The maximum absolute atomic E-state index is 12.3. The van der Waals surface area contributed by atoms with E-state index in [1.807, 2.05) is 6.07 Å². The molecule has 0 saturated heterocycles. The minimum absolute atomic E-state index is 0.0158. The van der Waals surface area contributed by atoms with Gasteiger partial charge in [0, 0.05) is 0 Å². The SMILES string of the molecule is COc1ccc(C=C(C#N)C(=O)Nc2ccccc2OC)cc1Br. The number of nitriles is 1. The van der Waals surface area contributed by atoms with E-state index in [-0.39, 0.29) is 5.57 Å². The fraction of sp³-hybridized carbons (Fsp3) is 0.111. The summed E-state index contributed by atoms with van der Waals surface area (Å²) < 4.78 is 11.1. The third kappa shape index (κ3) is 4.15. The number of amides is 1. The van der Waals surface area contributed by atoms with Crippen LogP contribution in [0.15, 0.2) is 52.5 Å². The van der Waals surface area contributed by atoms with Crippen molar-refractivity contribution < 1.29 is 14.3 Å². The highest BCUT2D eigenvalue weighted by Gasteiger charge is 2.12. The molecule has 0 aromatic heterocycles. The molecule has 0 aliphatic heterocycles. The van der Waals surface area contributed by atoms with E-state index in [9.17, 15) is 10.1 Å². The number of hydrogen-bond acceptors (Lipinski definition) is 4. The number of anilines is 1. The van der Waals surface area contributed by atoms with Crippen LogP contribution in [0.5, 0.6) is 11.5 Å². The van der Waals surface area contributed by atoms with Gasteiger partial charge in [0.2, 0.25) is 0 Å². The molecule has 1 amide bonds. The van der Waals surface area contributed by atoms with Gasteiger partial charge >= 0.3 is 0 Å². The molecule has 122 valence electrons. The van der Waals surface area contributed by atoms with Crippen LogP contribution in [0.4, 0.5) is 5.69 Å². The number of benzene rings is 2. The first-order valence-corrected chi connectivity index (χ1v) is 7.78. The Morgan fingerprint density at radius 3 is 2.50 bits per heavy atom. The molecule has 0 aliphatic rings. The zero-order chi connectivity index (χ0) is 17.5. The summed E-state index contributed by atoms with van der Waals surface area (Å²) in [6.45, 7) is 0. The highest BCUT2D eigenvalue weighted by molar-refractivity contribution is 9.10. The molecule has 0 saturated carbocycles.